The summed E-state index contributed by atoms with van der Waals surface area (Å²) in [6.45, 7) is 3.36. The predicted octanol–water partition coefficient (Wildman–Crippen LogP) is 23.5. The zero-order valence-electron chi connectivity index (χ0n) is 57.4. The number of allylic oxidation sites excluding steroid dienone is 44. The van der Waals surface area contributed by atoms with E-state index >= 15 is 0 Å². The van der Waals surface area contributed by atoms with Gasteiger partial charge < -0.3 is 20.1 Å². The van der Waals surface area contributed by atoms with Gasteiger partial charge in [-0.3, -0.25) is 18.6 Å². The summed E-state index contributed by atoms with van der Waals surface area (Å²) in [4.78, 5) is 35.3. The molecule has 0 fully saturated rings. The van der Waals surface area contributed by atoms with Crippen LogP contribution in [-0.4, -0.2) is 49.3 Å². The summed E-state index contributed by atoms with van der Waals surface area (Å²) in [6.07, 6.45) is 122. The summed E-state index contributed by atoms with van der Waals surface area (Å²) in [5.74, 6) is -0.957. The first-order chi connectivity index (χ1) is 45.8. The Morgan fingerprint density at radius 1 is 0.323 bits per heavy atom. The Morgan fingerprint density at radius 2 is 0.548 bits per heavy atom. The van der Waals surface area contributed by atoms with Gasteiger partial charge in [-0.2, -0.15) is 0 Å². The molecule has 0 aliphatic carbocycles. The largest absolute Gasteiger partial charge is 0.472 e. The second-order valence-corrected chi connectivity index (χ2v) is 23.0. The van der Waals surface area contributed by atoms with Gasteiger partial charge in [0.2, 0.25) is 0 Å². The Labute approximate surface area is 566 Å². The molecule has 0 aromatic carbocycles. The van der Waals surface area contributed by atoms with Gasteiger partial charge in [0.1, 0.15) is 6.61 Å². The number of rotatable bonds is 61. The maximum absolute atomic E-state index is 12.7. The minimum atomic E-state index is -4.44. The molecule has 0 saturated heterocycles. The molecule has 93 heavy (non-hydrogen) atoms. The SMILES string of the molecule is CC/C=C\C/C=C\C/C=C\C/C=C\C/C=C\C/C=C\C/C=C\C/C=C\C/C=C\C/C=C\C/C=C\C/C=C\CCCCC(=O)OC(COC(=O)CCCC/C=C\C/C=C\C/C=C\C/C=C\C/C=C\C/C=C\C/C=C\C/C=C\C/C=C\C/C=C\CC)COP(=O)(O)OCCN. The topological polar surface area (TPSA) is 134 Å². The van der Waals surface area contributed by atoms with Crippen molar-refractivity contribution < 1.29 is 37.6 Å². The van der Waals surface area contributed by atoms with Gasteiger partial charge in [-0.1, -0.05) is 281 Å². The van der Waals surface area contributed by atoms with Crippen molar-refractivity contribution in [2.45, 2.75) is 213 Å². The average molecular weight is 1290 g/mol. The first-order valence-electron chi connectivity index (χ1n) is 34.8. The van der Waals surface area contributed by atoms with Gasteiger partial charge in [0.05, 0.1) is 13.2 Å². The number of unbranched alkanes of at least 4 members (excludes halogenated alkanes) is 4. The maximum atomic E-state index is 12.7. The highest BCUT2D eigenvalue weighted by Crippen LogP contribution is 2.43. The third kappa shape index (κ3) is 74.2. The van der Waals surface area contributed by atoms with Gasteiger partial charge in [-0.25, -0.2) is 4.57 Å². The lowest BCUT2D eigenvalue weighted by molar-refractivity contribution is -0.161. The van der Waals surface area contributed by atoms with Crippen molar-refractivity contribution in [3.05, 3.63) is 267 Å². The summed E-state index contributed by atoms with van der Waals surface area (Å²) in [5, 5.41) is 0. The van der Waals surface area contributed by atoms with Gasteiger partial charge in [-0.05, 0) is 180 Å². The highest BCUT2D eigenvalue weighted by molar-refractivity contribution is 7.47. The van der Waals surface area contributed by atoms with Crippen LogP contribution in [0.5, 0.6) is 0 Å². The molecule has 0 saturated carbocycles. The number of phosphoric ester groups is 1. The van der Waals surface area contributed by atoms with Crippen LogP contribution in [0.1, 0.15) is 206 Å². The van der Waals surface area contributed by atoms with Crippen LogP contribution >= 0.6 is 7.82 Å². The van der Waals surface area contributed by atoms with Crippen LogP contribution in [0.15, 0.2) is 267 Å². The van der Waals surface area contributed by atoms with Crippen LogP contribution in [0, 0.1) is 0 Å². The van der Waals surface area contributed by atoms with Crippen LogP contribution in [-0.2, 0) is 32.7 Å². The third-order valence-electron chi connectivity index (χ3n) is 13.1. The van der Waals surface area contributed by atoms with E-state index in [0.717, 1.165) is 167 Å². The Balaban J connectivity index is 4.18. The van der Waals surface area contributed by atoms with Crippen molar-refractivity contribution >= 4 is 19.8 Å². The van der Waals surface area contributed by atoms with Gasteiger partial charge >= 0.3 is 19.8 Å². The molecular weight excluding hydrogens is 1170 g/mol. The quantitative estimate of drug-likeness (QED) is 0.0264. The van der Waals surface area contributed by atoms with Crippen LogP contribution in [0.3, 0.4) is 0 Å². The molecule has 0 aliphatic rings. The molecule has 0 heterocycles. The second-order valence-electron chi connectivity index (χ2n) is 21.6. The molecule has 0 rings (SSSR count). The van der Waals surface area contributed by atoms with Crippen LogP contribution in [0.25, 0.3) is 0 Å². The Kier molecular flexibility index (Phi) is 69.0. The number of hydrogen-bond acceptors (Lipinski definition) is 8. The normalized spacial score (nSPS) is 14.6. The van der Waals surface area contributed by atoms with Crippen molar-refractivity contribution in [2.24, 2.45) is 5.73 Å². The number of phosphoric acid groups is 1. The highest BCUT2D eigenvalue weighted by atomic mass is 31.2. The standard InChI is InChI=1S/C83H122NO8P/c1-3-5-7-9-11-13-15-17-19-21-23-25-27-29-31-33-35-37-38-39-40-41-42-44-46-48-50-52-54-56-58-60-62-64-66-68-70-72-74-76-83(86)92-81(80-91-93(87,88)90-78-77-84)79-89-82(85)75-73-71-69-67-65-63-61-59-57-55-53-51-49-47-45-43-36-34-32-30-28-26-24-22-20-18-16-14-12-10-8-6-4-2/h5-8,11-14,17-20,23-26,29-32,35-37,39-40,42-44,47-50,53-56,59-62,65-68,81H,3-4,9-10,15-16,21-22,27-28,33-34,38,41,45-46,51-52,57-58,63-64,69-80,84H2,1-2H3,(H,87,88)/b7-5-,8-6-,13-11-,14-12-,19-17-,20-18-,25-23-,26-24-,31-29-,32-30-,37-35-,40-39-,43-36-,44-42-,49-47-,50-48-,55-53-,56-54-,61-59-,62-60-,67-65-,68-66-. The molecule has 3 N–H and O–H groups in total. The van der Waals surface area contributed by atoms with Gasteiger partial charge in [0.15, 0.2) is 6.10 Å². The van der Waals surface area contributed by atoms with Crippen molar-refractivity contribution in [3.63, 3.8) is 0 Å². The number of carbonyl (C=O) groups is 2. The van der Waals surface area contributed by atoms with Crippen molar-refractivity contribution in [3.8, 4) is 0 Å². The van der Waals surface area contributed by atoms with Gasteiger partial charge in [0, 0.05) is 19.4 Å². The number of carbonyl (C=O) groups excluding carboxylic acids is 2. The number of esters is 2. The summed E-state index contributed by atoms with van der Waals surface area (Å²) in [7, 11) is -4.44. The monoisotopic (exact) mass is 1290 g/mol. The van der Waals surface area contributed by atoms with Crippen LogP contribution < -0.4 is 5.73 Å². The molecular formula is C83H122NO8P. The highest BCUT2D eigenvalue weighted by Gasteiger charge is 2.26. The van der Waals surface area contributed by atoms with E-state index in [9.17, 15) is 19.0 Å². The van der Waals surface area contributed by atoms with E-state index in [1.54, 1.807) is 0 Å². The van der Waals surface area contributed by atoms with Crippen LogP contribution in [0.2, 0.25) is 0 Å². The fourth-order valence-corrected chi connectivity index (χ4v) is 8.82. The summed E-state index contributed by atoms with van der Waals surface area (Å²) in [6, 6.07) is 0. The molecule has 2 atom stereocenters. The zero-order chi connectivity index (χ0) is 67.2. The Morgan fingerprint density at radius 3 is 0.785 bits per heavy atom. The van der Waals surface area contributed by atoms with Gasteiger partial charge in [0.25, 0.3) is 0 Å². The molecule has 0 aromatic rings. The second kappa shape index (κ2) is 74.3. The van der Waals surface area contributed by atoms with E-state index in [4.69, 9.17) is 24.3 Å². The fraction of sp³-hybridized carbons (Fsp3) is 0.446. The number of ether oxygens (including phenoxy) is 2. The number of hydrogen-bond donors (Lipinski definition) is 2. The molecule has 512 valence electrons. The first kappa shape index (κ1) is 86.3. The molecule has 0 spiro atoms. The number of nitrogens with two attached hydrogens (primary N) is 1. The minimum absolute atomic E-state index is 0.0241. The summed E-state index contributed by atoms with van der Waals surface area (Å²) >= 11 is 0. The van der Waals surface area contributed by atoms with E-state index in [0.29, 0.717) is 12.8 Å². The fourth-order valence-electron chi connectivity index (χ4n) is 8.05. The molecule has 0 aliphatic heterocycles. The van der Waals surface area contributed by atoms with E-state index < -0.39 is 32.5 Å². The smallest absolute Gasteiger partial charge is 0.462 e. The van der Waals surface area contributed by atoms with E-state index in [2.05, 4.69) is 281 Å². The molecule has 9 nitrogen and oxygen atoms in total. The average Bonchev–Trinajstić information content (AvgIpc) is 3.60. The molecule has 0 amide bonds. The summed E-state index contributed by atoms with van der Waals surface area (Å²) < 4.78 is 33.0. The predicted molar refractivity (Wildman–Crippen MR) is 403 cm³/mol. The summed E-state index contributed by atoms with van der Waals surface area (Å²) in [5.41, 5.74) is 5.39. The first-order valence-corrected chi connectivity index (χ1v) is 36.3. The van der Waals surface area contributed by atoms with E-state index in [1.807, 2.05) is 0 Å². The molecule has 0 radical (unpaired) electrons. The van der Waals surface area contributed by atoms with Crippen molar-refractivity contribution in [1.29, 1.82) is 0 Å². The minimum Gasteiger partial charge on any atom is -0.462 e. The zero-order valence-corrected chi connectivity index (χ0v) is 58.2. The lowest BCUT2D eigenvalue weighted by Gasteiger charge is -2.19. The maximum Gasteiger partial charge on any atom is 0.472 e. The molecule has 2 unspecified atom stereocenters. The van der Waals surface area contributed by atoms with Gasteiger partial charge in [-0.15, -0.1) is 0 Å². The third-order valence-corrected chi connectivity index (χ3v) is 14.1. The van der Waals surface area contributed by atoms with Crippen molar-refractivity contribution in [1.82, 2.24) is 0 Å². The molecule has 0 aromatic heterocycles. The van der Waals surface area contributed by atoms with E-state index in [-0.39, 0.29) is 32.6 Å². The Hall–Kier alpha value is -6.71. The molecule has 0 bridgehead atoms. The lowest BCUT2D eigenvalue weighted by atomic mass is 10.1. The molecule has 10 heteroatoms. The van der Waals surface area contributed by atoms with E-state index in [1.165, 1.54) is 0 Å². The Bertz CT molecular complexity index is 2530. The van der Waals surface area contributed by atoms with Crippen molar-refractivity contribution in [2.75, 3.05) is 26.4 Å². The lowest BCUT2D eigenvalue weighted by Crippen LogP contribution is -2.29. The van der Waals surface area contributed by atoms with Crippen LogP contribution in [0.4, 0.5) is 0 Å².